The van der Waals surface area contributed by atoms with Crippen molar-refractivity contribution in [1.29, 1.82) is 0 Å². The van der Waals surface area contributed by atoms with Gasteiger partial charge in [0.25, 0.3) is 0 Å². The van der Waals surface area contributed by atoms with Gasteiger partial charge in [0, 0.05) is 12.4 Å². The van der Waals surface area contributed by atoms with Gasteiger partial charge in [-0.3, -0.25) is 0 Å². The average molecular weight is 254 g/mol. The van der Waals surface area contributed by atoms with E-state index in [1.807, 2.05) is 16.7 Å². The molecular formula is C12H11BN4O2. The highest BCUT2D eigenvalue weighted by atomic mass is 16.4. The Balaban J connectivity index is 1.88. The number of hydrogen-bond donors (Lipinski definition) is 2. The second-order valence-corrected chi connectivity index (χ2v) is 4.19. The quantitative estimate of drug-likeness (QED) is 0.619. The van der Waals surface area contributed by atoms with Crippen molar-refractivity contribution in [1.82, 2.24) is 19.5 Å². The summed E-state index contributed by atoms with van der Waals surface area (Å²) >= 11 is 0. The van der Waals surface area contributed by atoms with Crippen LogP contribution in [0.25, 0.3) is 11.3 Å². The second-order valence-electron chi connectivity index (χ2n) is 4.19. The fraction of sp³-hybridized carbons (Fsp3) is 0.0833. The van der Waals surface area contributed by atoms with Gasteiger partial charge in [-0.15, -0.1) is 0 Å². The minimum absolute atomic E-state index is 0.471. The molecule has 0 unspecified atom stereocenters. The number of rotatable bonds is 3. The molecule has 0 saturated carbocycles. The van der Waals surface area contributed by atoms with Gasteiger partial charge in [0.15, 0.2) is 11.3 Å². The first-order valence-electron chi connectivity index (χ1n) is 5.81. The van der Waals surface area contributed by atoms with E-state index in [1.165, 1.54) is 0 Å². The molecule has 0 fully saturated rings. The topological polar surface area (TPSA) is 84.1 Å². The normalized spacial score (nSPS) is 10.8. The molecule has 0 aliphatic carbocycles. The van der Waals surface area contributed by atoms with E-state index in [9.17, 15) is 0 Å². The molecule has 0 amide bonds. The molecule has 0 radical (unpaired) electrons. The summed E-state index contributed by atoms with van der Waals surface area (Å²) in [5.74, 6) is 0. The van der Waals surface area contributed by atoms with E-state index in [0.29, 0.717) is 17.7 Å². The fourth-order valence-electron chi connectivity index (χ4n) is 1.90. The van der Waals surface area contributed by atoms with Crippen LogP contribution in [0.15, 0.2) is 43.0 Å². The van der Waals surface area contributed by atoms with Crippen molar-refractivity contribution in [3.8, 4) is 0 Å². The van der Waals surface area contributed by atoms with E-state index in [1.54, 1.807) is 30.9 Å². The van der Waals surface area contributed by atoms with Crippen LogP contribution in [-0.2, 0) is 6.54 Å². The van der Waals surface area contributed by atoms with Crippen molar-refractivity contribution in [2.24, 2.45) is 0 Å². The summed E-state index contributed by atoms with van der Waals surface area (Å²) in [6.45, 7) is 0.608. The summed E-state index contributed by atoms with van der Waals surface area (Å²) in [7, 11) is -1.44. The smallest absolute Gasteiger partial charge is 0.423 e. The van der Waals surface area contributed by atoms with Crippen LogP contribution in [0.3, 0.4) is 0 Å². The number of benzene rings is 1. The van der Waals surface area contributed by atoms with Gasteiger partial charge in [0.1, 0.15) is 0 Å². The Labute approximate surface area is 109 Å². The molecule has 94 valence electrons. The van der Waals surface area contributed by atoms with Crippen LogP contribution in [-0.4, -0.2) is 36.7 Å². The number of imidazole rings is 1. The SMILES string of the molecule is OB(O)c1ccc(Cn2cnc3nccnc32)cc1. The summed E-state index contributed by atoms with van der Waals surface area (Å²) in [5, 5.41) is 18.1. The number of hydrogen-bond acceptors (Lipinski definition) is 5. The lowest BCUT2D eigenvalue weighted by Crippen LogP contribution is -2.29. The van der Waals surface area contributed by atoms with Crippen LogP contribution in [0.5, 0.6) is 0 Å². The van der Waals surface area contributed by atoms with Crippen LogP contribution in [0.1, 0.15) is 5.56 Å². The molecule has 0 atom stereocenters. The zero-order chi connectivity index (χ0) is 13.2. The minimum Gasteiger partial charge on any atom is -0.423 e. The predicted octanol–water partition coefficient (Wildman–Crippen LogP) is -0.446. The fourth-order valence-corrected chi connectivity index (χ4v) is 1.90. The highest BCUT2D eigenvalue weighted by molar-refractivity contribution is 6.58. The van der Waals surface area contributed by atoms with E-state index in [-0.39, 0.29) is 0 Å². The van der Waals surface area contributed by atoms with Gasteiger partial charge < -0.3 is 14.6 Å². The van der Waals surface area contributed by atoms with Gasteiger partial charge in [0.2, 0.25) is 0 Å². The lowest BCUT2D eigenvalue weighted by Gasteiger charge is -2.05. The zero-order valence-corrected chi connectivity index (χ0v) is 10.0. The van der Waals surface area contributed by atoms with Crippen molar-refractivity contribution in [2.75, 3.05) is 0 Å². The van der Waals surface area contributed by atoms with Gasteiger partial charge in [0.05, 0.1) is 12.9 Å². The summed E-state index contributed by atoms with van der Waals surface area (Å²) in [5.41, 5.74) is 2.84. The molecule has 2 N–H and O–H groups in total. The maximum atomic E-state index is 9.03. The van der Waals surface area contributed by atoms with Crippen molar-refractivity contribution in [3.05, 3.63) is 48.5 Å². The standard InChI is InChI=1S/C12H11BN4O2/c18-13(19)10-3-1-9(2-4-10)7-17-8-16-11-12(17)15-6-5-14-11/h1-6,8,18-19H,7H2. The first-order valence-corrected chi connectivity index (χ1v) is 5.81. The van der Waals surface area contributed by atoms with Gasteiger partial charge in [-0.25, -0.2) is 15.0 Å². The summed E-state index contributed by atoms with van der Waals surface area (Å²) < 4.78 is 1.90. The molecule has 6 nitrogen and oxygen atoms in total. The maximum Gasteiger partial charge on any atom is 0.488 e. The molecule has 2 heterocycles. The van der Waals surface area contributed by atoms with Gasteiger partial charge in [-0.05, 0) is 11.0 Å². The molecule has 7 heteroatoms. The van der Waals surface area contributed by atoms with Crippen molar-refractivity contribution in [2.45, 2.75) is 6.54 Å². The van der Waals surface area contributed by atoms with Gasteiger partial charge in [-0.2, -0.15) is 0 Å². The van der Waals surface area contributed by atoms with Crippen LogP contribution < -0.4 is 5.46 Å². The maximum absolute atomic E-state index is 9.03. The average Bonchev–Trinajstić information content (AvgIpc) is 2.83. The Morgan fingerprint density at radius 3 is 2.47 bits per heavy atom. The molecule has 0 bridgehead atoms. The summed E-state index contributed by atoms with van der Waals surface area (Å²) in [6.07, 6.45) is 4.93. The van der Waals surface area contributed by atoms with Gasteiger partial charge >= 0.3 is 7.12 Å². The van der Waals surface area contributed by atoms with E-state index in [4.69, 9.17) is 10.0 Å². The Kier molecular flexibility index (Phi) is 2.98. The first-order chi connectivity index (χ1) is 9.24. The van der Waals surface area contributed by atoms with E-state index in [2.05, 4.69) is 15.0 Å². The van der Waals surface area contributed by atoms with Gasteiger partial charge in [-0.1, -0.05) is 24.3 Å². The van der Waals surface area contributed by atoms with E-state index >= 15 is 0 Å². The lowest BCUT2D eigenvalue weighted by molar-refractivity contribution is 0.426. The molecular weight excluding hydrogens is 243 g/mol. The third-order valence-corrected chi connectivity index (χ3v) is 2.88. The van der Waals surface area contributed by atoms with Crippen LogP contribution >= 0.6 is 0 Å². The van der Waals surface area contributed by atoms with Crippen molar-refractivity contribution < 1.29 is 10.0 Å². The highest BCUT2D eigenvalue weighted by Gasteiger charge is 2.10. The highest BCUT2D eigenvalue weighted by Crippen LogP contribution is 2.09. The molecule has 19 heavy (non-hydrogen) atoms. The first kappa shape index (κ1) is 11.8. The Bertz CT molecular complexity index is 696. The molecule has 3 aromatic rings. The number of fused-ring (bicyclic) bond motifs is 1. The minimum atomic E-state index is -1.44. The monoisotopic (exact) mass is 254 g/mol. The number of aromatic nitrogens is 4. The predicted molar refractivity (Wildman–Crippen MR) is 70.7 cm³/mol. The molecule has 0 saturated heterocycles. The van der Waals surface area contributed by atoms with Crippen molar-refractivity contribution in [3.63, 3.8) is 0 Å². The lowest BCUT2D eigenvalue weighted by atomic mass is 9.80. The molecule has 0 spiro atoms. The Morgan fingerprint density at radius 1 is 1.00 bits per heavy atom. The van der Waals surface area contributed by atoms with Crippen LogP contribution in [0, 0.1) is 0 Å². The third kappa shape index (κ3) is 2.33. The summed E-state index contributed by atoms with van der Waals surface area (Å²) in [4.78, 5) is 12.5. The largest absolute Gasteiger partial charge is 0.488 e. The molecule has 0 aliphatic rings. The summed E-state index contributed by atoms with van der Waals surface area (Å²) in [6, 6.07) is 7.06. The molecule has 1 aromatic carbocycles. The van der Waals surface area contributed by atoms with Crippen molar-refractivity contribution >= 4 is 23.9 Å². The van der Waals surface area contributed by atoms with E-state index < -0.39 is 7.12 Å². The molecule has 2 aromatic heterocycles. The van der Waals surface area contributed by atoms with Crippen LogP contribution in [0.2, 0.25) is 0 Å². The second kappa shape index (κ2) is 4.79. The third-order valence-electron chi connectivity index (χ3n) is 2.88. The zero-order valence-electron chi connectivity index (χ0n) is 10.0. The molecule has 3 rings (SSSR count). The Morgan fingerprint density at radius 2 is 1.74 bits per heavy atom. The van der Waals surface area contributed by atoms with Crippen LogP contribution in [0.4, 0.5) is 0 Å². The van der Waals surface area contributed by atoms with E-state index in [0.717, 1.165) is 11.2 Å². The number of nitrogens with zero attached hydrogens (tertiary/aromatic N) is 4. The Hall–Kier alpha value is -2.25. The molecule has 0 aliphatic heterocycles.